The minimum Gasteiger partial charge on any atom is -0.392 e. The Labute approximate surface area is 83.6 Å². The lowest BCUT2D eigenvalue weighted by molar-refractivity contribution is 0.140. The second kappa shape index (κ2) is 5.08. The van der Waals surface area contributed by atoms with E-state index in [0.29, 0.717) is 12.8 Å². The summed E-state index contributed by atoms with van der Waals surface area (Å²) < 4.78 is 12.8. The van der Waals surface area contributed by atoms with Crippen LogP contribution < -0.4 is 5.73 Å². The Morgan fingerprint density at radius 3 is 2.79 bits per heavy atom. The van der Waals surface area contributed by atoms with E-state index in [2.05, 4.69) is 0 Å². The zero-order chi connectivity index (χ0) is 10.6. The van der Waals surface area contributed by atoms with Gasteiger partial charge >= 0.3 is 0 Å². The molecular weight excluding hydrogens is 181 g/mol. The Morgan fingerprint density at radius 1 is 1.50 bits per heavy atom. The second-order valence-corrected chi connectivity index (χ2v) is 3.47. The molecule has 1 aromatic carbocycles. The molecule has 0 bridgehead atoms. The van der Waals surface area contributed by atoms with E-state index in [1.54, 1.807) is 6.07 Å². The number of hydrogen-bond donors (Lipinski definition) is 2. The minimum absolute atomic E-state index is 0.263. The summed E-state index contributed by atoms with van der Waals surface area (Å²) in [5, 5.41) is 9.44. The molecule has 0 aliphatic heterocycles. The van der Waals surface area contributed by atoms with E-state index in [1.807, 2.05) is 13.0 Å². The lowest BCUT2D eigenvalue weighted by Crippen LogP contribution is -2.36. The van der Waals surface area contributed by atoms with Crippen molar-refractivity contribution in [1.82, 2.24) is 0 Å². The zero-order valence-electron chi connectivity index (χ0n) is 8.28. The van der Waals surface area contributed by atoms with Gasteiger partial charge in [0, 0.05) is 6.04 Å². The van der Waals surface area contributed by atoms with Crippen molar-refractivity contribution in [3.8, 4) is 0 Å². The molecule has 1 aromatic rings. The molecule has 0 fully saturated rings. The van der Waals surface area contributed by atoms with E-state index in [4.69, 9.17) is 5.73 Å². The Hall–Kier alpha value is -0.930. The first-order valence-corrected chi connectivity index (χ1v) is 4.81. The summed E-state index contributed by atoms with van der Waals surface area (Å²) in [5.74, 6) is -0.263. The molecule has 0 aromatic heterocycles. The van der Waals surface area contributed by atoms with Crippen molar-refractivity contribution in [2.75, 3.05) is 0 Å². The Kier molecular flexibility index (Phi) is 4.04. The number of rotatable bonds is 4. The Morgan fingerprint density at radius 2 is 2.21 bits per heavy atom. The van der Waals surface area contributed by atoms with Crippen LogP contribution in [0.25, 0.3) is 0 Å². The fourth-order valence-electron chi connectivity index (χ4n) is 1.37. The third-order valence-corrected chi connectivity index (χ3v) is 2.27. The quantitative estimate of drug-likeness (QED) is 0.767. The van der Waals surface area contributed by atoms with Crippen molar-refractivity contribution in [3.63, 3.8) is 0 Å². The van der Waals surface area contributed by atoms with Crippen LogP contribution in [0.4, 0.5) is 4.39 Å². The molecule has 1 rings (SSSR count). The number of aliphatic hydroxyl groups excluding tert-OH is 1. The van der Waals surface area contributed by atoms with Gasteiger partial charge in [-0.05, 0) is 30.5 Å². The number of hydrogen-bond acceptors (Lipinski definition) is 2. The summed E-state index contributed by atoms with van der Waals surface area (Å²) in [4.78, 5) is 0. The van der Waals surface area contributed by atoms with E-state index >= 15 is 0 Å². The third-order valence-electron chi connectivity index (χ3n) is 2.27. The summed E-state index contributed by atoms with van der Waals surface area (Å²) in [7, 11) is 0. The normalized spacial score (nSPS) is 15.1. The zero-order valence-corrected chi connectivity index (χ0v) is 8.28. The maximum Gasteiger partial charge on any atom is 0.123 e. The molecule has 0 heterocycles. The molecule has 0 amide bonds. The highest BCUT2D eigenvalue weighted by Crippen LogP contribution is 2.08. The molecule has 2 nitrogen and oxygen atoms in total. The highest BCUT2D eigenvalue weighted by molar-refractivity contribution is 5.17. The number of aliphatic hydroxyl groups is 1. The fourth-order valence-corrected chi connectivity index (χ4v) is 1.37. The summed E-state index contributed by atoms with van der Waals surface area (Å²) in [6.07, 6.45) is 0.613. The van der Waals surface area contributed by atoms with Crippen LogP contribution in [-0.2, 0) is 6.42 Å². The molecule has 0 saturated carbocycles. The van der Waals surface area contributed by atoms with Gasteiger partial charge in [0.1, 0.15) is 5.82 Å². The van der Waals surface area contributed by atoms with E-state index < -0.39 is 6.10 Å². The molecular formula is C11H16FNO. The Bertz CT molecular complexity index is 290. The van der Waals surface area contributed by atoms with Crippen molar-refractivity contribution < 1.29 is 9.50 Å². The van der Waals surface area contributed by atoms with Crippen LogP contribution in [0, 0.1) is 5.82 Å². The molecule has 0 radical (unpaired) electrons. The number of halogens is 1. The monoisotopic (exact) mass is 197 g/mol. The van der Waals surface area contributed by atoms with Gasteiger partial charge < -0.3 is 10.8 Å². The van der Waals surface area contributed by atoms with Gasteiger partial charge in [0.15, 0.2) is 0 Å². The van der Waals surface area contributed by atoms with Crippen molar-refractivity contribution in [1.29, 1.82) is 0 Å². The standard InChI is InChI=1S/C11H16FNO/c1-2-11(14)10(13)7-8-4-3-5-9(12)6-8/h3-6,10-11,14H,2,7,13H2,1H3. The van der Waals surface area contributed by atoms with Gasteiger partial charge in [-0.1, -0.05) is 19.1 Å². The maximum absolute atomic E-state index is 12.8. The molecule has 0 spiro atoms. The van der Waals surface area contributed by atoms with Gasteiger partial charge in [0.2, 0.25) is 0 Å². The molecule has 14 heavy (non-hydrogen) atoms. The lowest BCUT2D eigenvalue weighted by Gasteiger charge is -2.16. The summed E-state index contributed by atoms with van der Waals surface area (Å²) in [6.45, 7) is 1.87. The van der Waals surface area contributed by atoms with Gasteiger partial charge in [-0.2, -0.15) is 0 Å². The van der Waals surface area contributed by atoms with Gasteiger partial charge in [0.05, 0.1) is 6.10 Å². The molecule has 0 aliphatic rings. The SMILES string of the molecule is CCC(O)C(N)Cc1cccc(F)c1. The molecule has 2 atom stereocenters. The lowest BCUT2D eigenvalue weighted by atomic mass is 10.0. The van der Waals surface area contributed by atoms with E-state index in [9.17, 15) is 9.50 Å². The predicted octanol–water partition coefficient (Wildman–Crippen LogP) is 1.47. The minimum atomic E-state index is -0.515. The highest BCUT2D eigenvalue weighted by Gasteiger charge is 2.12. The molecule has 0 aliphatic carbocycles. The number of benzene rings is 1. The first-order chi connectivity index (χ1) is 6.63. The molecule has 3 heteroatoms. The van der Waals surface area contributed by atoms with Crippen molar-refractivity contribution in [2.24, 2.45) is 5.73 Å². The molecule has 2 unspecified atom stereocenters. The molecule has 0 saturated heterocycles. The predicted molar refractivity (Wildman–Crippen MR) is 54.4 cm³/mol. The average molecular weight is 197 g/mol. The van der Waals surface area contributed by atoms with Crippen molar-refractivity contribution >= 4 is 0 Å². The summed E-state index contributed by atoms with van der Waals surface area (Å²) >= 11 is 0. The topological polar surface area (TPSA) is 46.2 Å². The van der Waals surface area contributed by atoms with Crippen LogP contribution in [0.1, 0.15) is 18.9 Å². The number of nitrogens with two attached hydrogens (primary N) is 1. The van der Waals surface area contributed by atoms with Gasteiger partial charge in [-0.15, -0.1) is 0 Å². The van der Waals surface area contributed by atoms with Crippen molar-refractivity contribution in [3.05, 3.63) is 35.6 Å². The van der Waals surface area contributed by atoms with Crippen LogP contribution >= 0.6 is 0 Å². The van der Waals surface area contributed by atoms with Crippen LogP contribution in [-0.4, -0.2) is 17.3 Å². The van der Waals surface area contributed by atoms with E-state index in [1.165, 1.54) is 12.1 Å². The van der Waals surface area contributed by atoms with Crippen molar-refractivity contribution in [2.45, 2.75) is 31.9 Å². The Balaban J connectivity index is 2.60. The van der Waals surface area contributed by atoms with E-state index in [-0.39, 0.29) is 11.9 Å². The first kappa shape index (κ1) is 11.1. The van der Waals surface area contributed by atoms with Gasteiger partial charge in [-0.25, -0.2) is 4.39 Å². The van der Waals surface area contributed by atoms with Crippen LogP contribution in [0.2, 0.25) is 0 Å². The summed E-state index contributed by atoms with van der Waals surface area (Å²) in [6, 6.07) is 5.98. The highest BCUT2D eigenvalue weighted by atomic mass is 19.1. The van der Waals surface area contributed by atoms with Gasteiger partial charge in [-0.3, -0.25) is 0 Å². The summed E-state index contributed by atoms with van der Waals surface area (Å²) in [5.41, 5.74) is 6.56. The molecule has 78 valence electrons. The van der Waals surface area contributed by atoms with Crippen LogP contribution in [0.15, 0.2) is 24.3 Å². The van der Waals surface area contributed by atoms with Gasteiger partial charge in [0.25, 0.3) is 0 Å². The first-order valence-electron chi connectivity index (χ1n) is 4.81. The maximum atomic E-state index is 12.8. The second-order valence-electron chi connectivity index (χ2n) is 3.47. The smallest absolute Gasteiger partial charge is 0.123 e. The third kappa shape index (κ3) is 3.09. The molecule has 3 N–H and O–H groups in total. The van der Waals surface area contributed by atoms with Crippen LogP contribution in [0.3, 0.4) is 0 Å². The van der Waals surface area contributed by atoms with Crippen LogP contribution in [0.5, 0.6) is 0 Å². The largest absolute Gasteiger partial charge is 0.392 e. The average Bonchev–Trinajstić information content (AvgIpc) is 2.16. The van der Waals surface area contributed by atoms with E-state index in [0.717, 1.165) is 5.56 Å². The fraction of sp³-hybridized carbons (Fsp3) is 0.455.